The van der Waals surface area contributed by atoms with Crippen molar-refractivity contribution in [3.8, 4) is 0 Å². The molecule has 108 valence electrons. The van der Waals surface area contributed by atoms with Crippen LogP contribution in [0.2, 0.25) is 0 Å². The number of nitrogens with zero attached hydrogens (tertiary/aromatic N) is 2. The van der Waals surface area contributed by atoms with Crippen molar-refractivity contribution in [3.63, 3.8) is 0 Å². The zero-order chi connectivity index (χ0) is 13.7. The van der Waals surface area contributed by atoms with E-state index in [9.17, 15) is 0 Å². The Balaban J connectivity index is 1.77. The van der Waals surface area contributed by atoms with Crippen molar-refractivity contribution in [2.24, 2.45) is 0 Å². The predicted molar refractivity (Wildman–Crippen MR) is 79.7 cm³/mol. The van der Waals surface area contributed by atoms with E-state index in [0.29, 0.717) is 0 Å². The molecule has 1 saturated heterocycles. The van der Waals surface area contributed by atoms with Gasteiger partial charge >= 0.3 is 0 Å². The quantitative estimate of drug-likeness (QED) is 0.865. The second-order valence-corrected chi connectivity index (χ2v) is 6.79. The Hall–Kier alpha value is -0.490. The van der Waals surface area contributed by atoms with Gasteiger partial charge in [0.25, 0.3) is 0 Å². The second-order valence-electron chi connectivity index (χ2n) is 5.59. The van der Waals surface area contributed by atoms with E-state index in [4.69, 9.17) is 4.74 Å². The van der Waals surface area contributed by atoms with E-state index < -0.39 is 0 Å². The highest BCUT2D eigenvalue weighted by atomic mass is 32.1. The van der Waals surface area contributed by atoms with Crippen molar-refractivity contribution in [3.05, 3.63) is 16.1 Å². The van der Waals surface area contributed by atoms with E-state index in [0.717, 1.165) is 45.8 Å². The summed E-state index contributed by atoms with van der Waals surface area (Å²) >= 11 is 1.81. The molecule has 0 amide bonds. The van der Waals surface area contributed by atoms with Crippen LogP contribution in [0.15, 0.2) is 6.20 Å². The molecule has 0 atom stereocenters. The molecule has 2 rings (SSSR count). The molecule has 0 radical (unpaired) electrons. The molecule has 0 bridgehead atoms. The molecule has 0 spiro atoms. The lowest BCUT2D eigenvalue weighted by Crippen LogP contribution is -2.54. The third-order valence-electron chi connectivity index (χ3n) is 3.63. The first-order valence-electron chi connectivity index (χ1n) is 7.09. The van der Waals surface area contributed by atoms with Crippen molar-refractivity contribution in [1.82, 2.24) is 15.2 Å². The maximum Gasteiger partial charge on any atom is 0.0925 e. The number of ether oxygens (including phenoxy) is 1. The molecule has 5 heteroatoms. The minimum absolute atomic E-state index is 0.183. The number of aryl methyl sites for hydroxylation is 1. The zero-order valence-electron chi connectivity index (χ0n) is 12.2. The average molecular weight is 283 g/mol. The molecule has 1 aliphatic rings. The fraction of sp³-hybridized carbons (Fsp3) is 0.786. The monoisotopic (exact) mass is 283 g/mol. The molecule has 0 aromatic carbocycles. The van der Waals surface area contributed by atoms with Gasteiger partial charge in [0.2, 0.25) is 0 Å². The third-order valence-corrected chi connectivity index (χ3v) is 4.77. The minimum Gasteiger partial charge on any atom is -0.379 e. The second kappa shape index (κ2) is 6.79. The lowest BCUT2D eigenvalue weighted by Gasteiger charge is -2.41. The third kappa shape index (κ3) is 4.24. The molecular weight excluding hydrogens is 258 g/mol. The Morgan fingerprint density at radius 2 is 2.16 bits per heavy atom. The molecule has 1 aromatic rings. The average Bonchev–Trinajstić information content (AvgIpc) is 2.87. The Morgan fingerprint density at radius 3 is 2.79 bits per heavy atom. The smallest absolute Gasteiger partial charge is 0.0925 e. The van der Waals surface area contributed by atoms with Gasteiger partial charge in [-0.1, -0.05) is 6.92 Å². The molecule has 1 aromatic heterocycles. The van der Waals surface area contributed by atoms with Crippen LogP contribution in [0.5, 0.6) is 0 Å². The van der Waals surface area contributed by atoms with Gasteiger partial charge < -0.3 is 10.1 Å². The fourth-order valence-electron chi connectivity index (χ4n) is 2.37. The van der Waals surface area contributed by atoms with E-state index in [1.165, 1.54) is 9.88 Å². The molecule has 4 nitrogen and oxygen atoms in total. The van der Waals surface area contributed by atoms with Crippen LogP contribution in [0, 0.1) is 0 Å². The van der Waals surface area contributed by atoms with Crippen molar-refractivity contribution in [2.45, 2.75) is 39.3 Å². The molecule has 1 fully saturated rings. The van der Waals surface area contributed by atoms with E-state index in [2.05, 4.69) is 36.0 Å². The summed E-state index contributed by atoms with van der Waals surface area (Å²) in [6.45, 7) is 12.5. The summed E-state index contributed by atoms with van der Waals surface area (Å²) in [4.78, 5) is 8.23. The van der Waals surface area contributed by atoms with Crippen molar-refractivity contribution >= 4 is 11.3 Å². The summed E-state index contributed by atoms with van der Waals surface area (Å²) in [5.41, 5.74) is 0.183. The number of thiazole rings is 1. The summed E-state index contributed by atoms with van der Waals surface area (Å²) < 4.78 is 5.42. The Labute approximate surface area is 120 Å². The SMILES string of the molecule is CCc1ncc(CNCC(C)(C)N2CCOCC2)s1. The standard InChI is InChI=1S/C14H25N3OS/c1-4-13-16-10-12(19-13)9-15-11-14(2,3)17-5-7-18-8-6-17/h10,15H,4-9,11H2,1-3H3. The van der Waals surface area contributed by atoms with Crippen molar-refractivity contribution in [2.75, 3.05) is 32.8 Å². The van der Waals surface area contributed by atoms with Gasteiger partial charge in [-0.15, -0.1) is 11.3 Å². The highest BCUT2D eigenvalue weighted by Gasteiger charge is 2.27. The highest BCUT2D eigenvalue weighted by molar-refractivity contribution is 7.11. The number of hydrogen-bond acceptors (Lipinski definition) is 5. The van der Waals surface area contributed by atoms with E-state index >= 15 is 0 Å². The predicted octanol–water partition coefficient (Wildman–Crippen LogP) is 1.91. The number of rotatable bonds is 6. The number of aromatic nitrogens is 1. The Morgan fingerprint density at radius 1 is 1.42 bits per heavy atom. The summed E-state index contributed by atoms with van der Waals surface area (Å²) in [5.74, 6) is 0. The van der Waals surface area contributed by atoms with Crippen LogP contribution in [-0.4, -0.2) is 48.3 Å². The molecular formula is C14H25N3OS. The maximum atomic E-state index is 5.42. The van der Waals surface area contributed by atoms with Gasteiger partial charge in [-0.2, -0.15) is 0 Å². The largest absolute Gasteiger partial charge is 0.379 e. The van der Waals surface area contributed by atoms with Crippen LogP contribution in [0.25, 0.3) is 0 Å². The number of morpholine rings is 1. The first-order chi connectivity index (χ1) is 9.12. The summed E-state index contributed by atoms with van der Waals surface area (Å²) in [7, 11) is 0. The summed E-state index contributed by atoms with van der Waals surface area (Å²) in [6.07, 6.45) is 3.03. The van der Waals surface area contributed by atoms with Crippen molar-refractivity contribution < 1.29 is 4.74 Å². The van der Waals surface area contributed by atoms with Gasteiger partial charge in [0, 0.05) is 42.8 Å². The van der Waals surface area contributed by atoms with Crippen LogP contribution < -0.4 is 5.32 Å². The van der Waals surface area contributed by atoms with E-state index in [1.807, 2.05) is 17.5 Å². The summed E-state index contributed by atoms with van der Waals surface area (Å²) in [5, 5.41) is 4.79. The van der Waals surface area contributed by atoms with E-state index in [-0.39, 0.29) is 5.54 Å². The normalized spacial score (nSPS) is 17.8. The number of hydrogen-bond donors (Lipinski definition) is 1. The lowest BCUT2D eigenvalue weighted by molar-refractivity contribution is -0.00965. The van der Waals surface area contributed by atoms with E-state index in [1.54, 1.807) is 0 Å². The van der Waals surface area contributed by atoms with Crippen molar-refractivity contribution in [1.29, 1.82) is 0 Å². The van der Waals surface area contributed by atoms with Gasteiger partial charge in [0.15, 0.2) is 0 Å². The van der Waals surface area contributed by atoms with Crippen LogP contribution in [0.3, 0.4) is 0 Å². The Bertz CT molecular complexity index is 386. The van der Waals surface area contributed by atoms with Crippen LogP contribution in [0.4, 0.5) is 0 Å². The molecule has 1 aliphatic heterocycles. The Kier molecular flexibility index (Phi) is 5.33. The molecule has 2 heterocycles. The molecule has 19 heavy (non-hydrogen) atoms. The zero-order valence-corrected chi connectivity index (χ0v) is 13.1. The minimum atomic E-state index is 0.183. The lowest BCUT2D eigenvalue weighted by atomic mass is 10.0. The topological polar surface area (TPSA) is 37.4 Å². The van der Waals surface area contributed by atoms with Crippen LogP contribution in [0.1, 0.15) is 30.7 Å². The van der Waals surface area contributed by atoms with Gasteiger partial charge in [-0.3, -0.25) is 4.90 Å². The molecule has 0 unspecified atom stereocenters. The van der Waals surface area contributed by atoms with Gasteiger partial charge in [-0.25, -0.2) is 4.98 Å². The van der Waals surface area contributed by atoms with Crippen LogP contribution in [-0.2, 0) is 17.7 Å². The molecule has 0 aliphatic carbocycles. The maximum absolute atomic E-state index is 5.42. The highest BCUT2D eigenvalue weighted by Crippen LogP contribution is 2.16. The fourth-order valence-corrected chi connectivity index (χ4v) is 3.20. The van der Waals surface area contributed by atoms with Crippen LogP contribution >= 0.6 is 11.3 Å². The summed E-state index contributed by atoms with van der Waals surface area (Å²) in [6, 6.07) is 0. The van der Waals surface area contributed by atoms with Gasteiger partial charge in [0.1, 0.15) is 0 Å². The van der Waals surface area contributed by atoms with Gasteiger partial charge in [-0.05, 0) is 20.3 Å². The number of nitrogens with one attached hydrogen (secondary N) is 1. The first kappa shape index (κ1) is 14.9. The molecule has 1 N–H and O–H groups in total. The molecule has 0 saturated carbocycles. The first-order valence-corrected chi connectivity index (χ1v) is 7.90. The van der Waals surface area contributed by atoms with Gasteiger partial charge in [0.05, 0.1) is 18.2 Å².